The minimum absolute atomic E-state index is 0.761. The molecule has 0 aromatic heterocycles. The van der Waals surface area contributed by atoms with Crippen LogP contribution in [0.5, 0.6) is 0 Å². The highest BCUT2D eigenvalue weighted by atomic mass is 35.5. The molecule has 0 N–H and O–H groups in total. The van der Waals surface area contributed by atoms with Gasteiger partial charge in [0.15, 0.2) is 0 Å². The number of allylic oxidation sites excluding steroid dienone is 2. The van der Waals surface area contributed by atoms with Crippen LogP contribution >= 0.6 is 11.6 Å². The van der Waals surface area contributed by atoms with Crippen LogP contribution in [0.1, 0.15) is 16.7 Å². The highest BCUT2D eigenvalue weighted by Crippen LogP contribution is 2.35. The van der Waals surface area contributed by atoms with E-state index in [9.17, 15) is 0 Å². The maximum atomic E-state index is 6.43. The summed E-state index contributed by atoms with van der Waals surface area (Å²) in [6, 6.07) is 5.85. The van der Waals surface area contributed by atoms with E-state index in [1.807, 2.05) is 18.2 Å². The molecule has 0 bridgehead atoms. The first-order chi connectivity index (χ1) is 7.62. The quantitative estimate of drug-likeness (QED) is 0.505. The van der Waals surface area contributed by atoms with Gasteiger partial charge in [-0.3, -0.25) is 0 Å². The highest BCUT2D eigenvalue weighted by molar-refractivity contribution is 6.27. The molecule has 0 amide bonds. The van der Waals surface area contributed by atoms with Gasteiger partial charge >= 0.3 is 0 Å². The van der Waals surface area contributed by atoms with E-state index < -0.39 is 4.87 Å². The summed E-state index contributed by atoms with van der Waals surface area (Å²) in [5.41, 5.74) is 2.89. The van der Waals surface area contributed by atoms with Crippen molar-refractivity contribution in [2.45, 2.75) is 4.87 Å². The van der Waals surface area contributed by atoms with E-state index in [-0.39, 0.29) is 0 Å². The van der Waals surface area contributed by atoms with E-state index in [4.69, 9.17) is 11.6 Å². The number of halogens is 1. The lowest BCUT2D eigenvalue weighted by Gasteiger charge is -2.22. The Morgan fingerprint density at radius 3 is 2.06 bits per heavy atom. The first-order valence-electron chi connectivity index (χ1n) is 4.97. The van der Waals surface area contributed by atoms with Crippen LogP contribution < -0.4 is 0 Å². The Labute approximate surface area is 102 Å². The van der Waals surface area contributed by atoms with Gasteiger partial charge < -0.3 is 0 Å². The SMILES string of the molecule is C=Cc1cccc(C(Cl)(C=C)C=C)c1C=C. The maximum absolute atomic E-state index is 6.43. The smallest absolute Gasteiger partial charge is 0.105 e. The standard InChI is InChI=1S/C15H15Cl/c1-5-12-10-9-11-14(13(12)6-2)15(16,7-3)8-4/h5-11H,1-4H2. The van der Waals surface area contributed by atoms with Crippen LogP contribution in [-0.4, -0.2) is 0 Å². The van der Waals surface area contributed by atoms with Crippen molar-refractivity contribution < 1.29 is 0 Å². The third-order valence-electron chi connectivity index (χ3n) is 2.57. The van der Waals surface area contributed by atoms with Crippen LogP contribution in [0, 0.1) is 0 Å². The minimum Gasteiger partial charge on any atom is -0.105 e. The predicted octanol–water partition coefficient (Wildman–Crippen LogP) is 4.78. The molecule has 1 aromatic carbocycles. The summed E-state index contributed by atoms with van der Waals surface area (Å²) < 4.78 is 0. The lowest BCUT2D eigenvalue weighted by atomic mass is 9.90. The summed E-state index contributed by atoms with van der Waals surface area (Å²) in [4.78, 5) is -0.761. The van der Waals surface area contributed by atoms with Gasteiger partial charge in [0.05, 0.1) is 0 Å². The second-order valence-corrected chi connectivity index (χ2v) is 4.02. The fourth-order valence-electron chi connectivity index (χ4n) is 1.63. The lowest BCUT2D eigenvalue weighted by molar-refractivity contribution is 0.974. The topological polar surface area (TPSA) is 0 Å². The Hall–Kier alpha value is -1.53. The zero-order valence-electron chi connectivity index (χ0n) is 9.25. The molecule has 0 saturated carbocycles. The van der Waals surface area contributed by atoms with Crippen LogP contribution in [0.2, 0.25) is 0 Å². The Morgan fingerprint density at radius 2 is 1.62 bits per heavy atom. The summed E-state index contributed by atoms with van der Waals surface area (Å²) >= 11 is 6.43. The van der Waals surface area contributed by atoms with Gasteiger partial charge in [-0.2, -0.15) is 0 Å². The van der Waals surface area contributed by atoms with Crippen molar-refractivity contribution >= 4 is 23.8 Å². The van der Waals surface area contributed by atoms with Gasteiger partial charge in [0, 0.05) is 0 Å². The first-order valence-corrected chi connectivity index (χ1v) is 5.35. The van der Waals surface area contributed by atoms with Gasteiger partial charge in [-0.25, -0.2) is 0 Å². The van der Waals surface area contributed by atoms with E-state index in [1.54, 1.807) is 24.3 Å². The van der Waals surface area contributed by atoms with E-state index >= 15 is 0 Å². The van der Waals surface area contributed by atoms with Crippen LogP contribution in [0.15, 0.2) is 56.7 Å². The molecule has 0 unspecified atom stereocenters. The summed E-state index contributed by atoms with van der Waals surface area (Å²) in [6.45, 7) is 15.1. The second kappa shape index (κ2) is 5.00. The summed E-state index contributed by atoms with van der Waals surface area (Å²) in [5.74, 6) is 0. The van der Waals surface area contributed by atoms with Crippen molar-refractivity contribution in [1.29, 1.82) is 0 Å². The maximum Gasteiger partial charge on any atom is 0.106 e. The van der Waals surface area contributed by atoms with Crippen molar-refractivity contribution in [2.75, 3.05) is 0 Å². The van der Waals surface area contributed by atoms with Crippen molar-refractivity contribution in [3.8, 4) is 0 Å². The van der Waals surface area contributed by atoms with Crippen LogP contribution in [0.3, 0.4) is 0 Å². The molecule has 0 nitrogen and oxygen atoms in total. The number of hydrogen-bond acceptors (Lipinski definition) is 0. The van der Waals surface area contributed by atoms with Crippen molar-refractivity contribution in [3.63, 3.8) is 0 Å². The molecule has 0 saturated heterocycles. The van der Waals surface area contributed by atoms with Gasteiger partial charge in [-0.1, -0.05) is 55.7 Å². The monoisotopic (exact) mass is 230 g/mol. The van der Waals surface area contributed by atoms with Gasteiger partial charge in [-0.05, 0) is 16.7 Å². The van der Waals surface area contributed by atoms with Crippen LogP contribution in [-0.2, 0) is 4.87 Å². The van der Waals surface area contributed by atoms with E-state index in [1.165, 1.54) is 0 Å². The number of benzene rings is 1. The summed E-state index contributed by atoms with van der Waals surface area (Å²) in [7, 11) is 0. The fourth-order valence-corrected chi connectivity index (χ4v) is 1.79. The summed E-state index contributed by atoms with van der Waals surface area (Å²) in [6.07, 6.45) is 6.88. The van der Waals surface area contributed by atoms with Crippen LogP contribution in [0.4, 0.5) is 0 Å². The third-order valence-corrected chi connectivity index (χ3v) is 3.08. The molecular weight excluding hydrogens is 216 g/mol. The minimum atomic E-state index is -0.761. The molecular formula is C15H15Cl. The number of rotatable bonds is 5. The number of alkyl halides is 1. The normalized spacial score (nSPS) is 10.6. The molecule has 0 aliphatic heterocycles. The molecule has 0 aliphatic rings. The van der Waals surface area contributed by atoms with Crippen LogP contribution in [0.25, 0.3) is 12.2 Å². The van der Waals surface area contributed by atoms with Crippen molar-refractivity contribution in [2.24, 2.45) is 0 Å². The average molecular weight is 231 g/mol. The zero-order valence-corrected chi connectivity index (χ0v) is 10.0. The average Bonchev–Trinajstić information content (AvgIpc) is 2.36. The van der Waals surface area contributed by atoms with Gasteiger partial charge in [-0.15, -0.1) is 24.8 Å². The molecule has 1 aromatic rings. The number of hydrogen-bond donors (Lipinski definition) is 0. The highest BCUT2D eigenvalue weighted by Gasteiger charge is 2.24. The first kappa shape index (κ1) is 12.5. The molecule has 0 heterocycles. The van der Waals surface area contributed by atoms with Gasteiger partial charge in [0.2, 0.25) is 0 Å². The Kier molecular flexibility index (Phi) is 3.92. The Bertz CT molecular complexity index is 433. The molecule has 82 valence electrons. The largest absolute Gasteiger partial charge is 0.106 e. The molecule has 1 heteroatoms. The van der Waals surface area contributed by atoms with E-state index in [2.05, 4.69) is 26.3 Å². The van der Waals surface area contributed by atoms with Gasteiger partial charge in [0.25, 0.3) is 0 Å². The molecule has 0 atom stereocenters. The Morgan fingerprint density at radius 1 is 1.00 bits per heavy atom. The lowest BCUT2D eigenvalue weighted by Crippen LogP contribution is -2.13. The van der Waals surface area contributed by atoms with Gasteiger partial charge in [0.1, 0.15) is 4.87 Å². The molecule has 0 aliphatic carbocycles. The molecule has 16 heavy (non-hydrogen) atoms. The third kappa shape index (κ3) is 2.02. The van der Waals surface area contributed by atoms with Crippen molar-refractivity contribution in [3.05, 3.63) is 73.4 Å². The summed E-state index contributed by atoms with van der Waals surface area (Å²) in [5, 5.41) is 0. The predicted molar refractivity (Wildman–Crippen MR) is 74.5 cm³/mol. The Balaban J connectivity index is 3.55. The zero-order chi connectivity index (χ0) is 12.2. The molecule has 0 spiro atoms. The molecule has 0 radical (unpaired) electrons. The van der Waals surface area contributed by atoms with E-state index in [0.29, 0.717) is 0 Å². The van der Waals surface area contributed by atoms with Crippen molar-refractivity contribution in [1.82, 2.24) is 0 Å². The van der Waals surface area contributed by atoms with E-state index in [0.717, 1.165) is 16.7 Å². The fraction of sp³-hybridized carbons (Fsp3) is 0.0667. The molecule has 1 rings (SSSR count). The second-order valence-electron chi connectivity index (χ2n) is 3.39. The molecule has 0 fully saturated rings.